The summed E-state index contributed by atoms with van der Waals surface area (Å²) in [6, 6.07) is 14.3. The van der Waals surface area contributed by atoms with Crippen LogP contribution in [-0.2, 0) is 6.54 Å². The molecule has 2 saturated heterocycles. The number of aromatic nitrogens is 4. The number of carbonyl (C=O) groups excluding carboxylic acids is 1. The zero-order valence-electron chi connectivity index (χ0n) is 22.5. The number of benzene rings is 1. The van der Waals surface area contributed by atoms with Crippen molar-refractivity contribution in [2.75, 3.05) is 20.2 Å². The fraction of sp³-hybridized carbons (Fsp3) is 0.400. The summed E-state index contributed by atoms with van der Waals surface area (Å²) in [7, 11) is 1.54. The third-order valence-corrected chi connectivity index (χ3v) is 8.37. The second-order valence-corrected chi connectivity index (χ2v) is 11.2. The van der Waals surface area contributed by atoms with Gasteiger partial charge in [-0.05, 0) is 42.9 Å². The average molecular weight is 545 g/mol. The quantitative estimate of drug-likeness (QED) is 0.321. The van der Waals surface area contributed by atoms with Crippen molar-refractivity contribution >= 4 is 23.3 Å². The number of fused-ring (bicyclic) bond motifs is 3. The van der Waals surface area contributed by atoms with E-state index in [1.807, 2.05) is 17.2 Å². The number of methoxy groups -OCH3 is 1. The van der Waals surface area contributed by atoms with Crippen LogP contribution in [0.3, 0.4) is 0 Å². The molecular formula is C30H33ClN6O2. The first kappa shape index (κ1) is 25.8. The molecule has 3 aromatic heterocycles. The lowest BCUT2D eigenvalue weighted by Gasteiger charge is -2.29. The summed E-state index contributed by atoms with van der Waals surface area (Å²) in [4.78, 5) is 32.0. The molecule has 5 heterocycles. The number of rotatable bonds is 6. The van der Waals surface area contributed by atoms with E-state index in [2.05, 4.69) is 57.4 Å². The Labute approximate surface area is 233 Å². The van der Waals surface area contributed by atoms with Gasteiger partial charge in [0.25, 0.3) is 5.91 Å². The van der Waals surface area contributed by atoms with Crippen LogP contribution in [-0.4, -0.2) is 67.3 Å². The highest BCUT2D eigenvalue weighted by molar-refractivity contribution is 6.33. The first-order valence-corrected chi connectivity index (χ1v) is 14.0. The molecule has 6 rings (SSSR count). The Morgan fingerprint density at radius 3 is 2.64 bits per heavy atom. The van der Waals surface area contributed by atoms with Crippen molar-refractivity contribution < 1.29 is 9.53 Å². The SMILES string of the molecule is COc1ccc(Cl)c(C(=O)N2C3CCC2CN(Cc2c(-c4ccc(C(C)C)cc4)nc4ncccn24)CC3)n1. The molecule has 8 nitrogen and oxygen atoms in total. The zero-order chi connectivity index (χ0) is 27.1. The highest BCUT2D eigenvalue weighted by Gasteiger charge is 2.41. The van der Waals surface area contributed by atoms with Crippen LogP contribution < -0.4 is 4.74 Å². The minimum absolute atomic E-state index is 0.0974. The molecule has 1 amide bonds. The van der Waals surface area contributed by atoms with E-state index in [0.29, 0.717) is 22.6 Å². The highest BCUT2D eigenvalue weighted by Crippen LogP contribution is 2.34. The summed E-state index contributed by atoms with van der Waals surface area (Å²) in [6.45, 7) is 6.80. The lowest BCUT2D eigenvalue weighted by Crippen LogP contribution is -2.43. The van der Waals surface area contributed by atoms with Crippen molar-refractivity contribution in [1.29, 1.82) is 0 Å². The van der Waals surface area contributed by atoms with Crippen LogP contribution in [0.1, 0.15) is 60.8 Å². The van der Waals surface area contributed by atoms with Gasteiger partial charge in [-0.2, -0.15) is 0 Å². The molecule has 39 heavy (non-hydrogen) atoms. The maximum absolute atomic E-state index is 13.7. The van der Waals surface area contributed by atoms with Crippen molar-refractivity contribution in [3.8, 4) is 17.1 Å². The number of carbonyl (C=O) groups is 1. The Bertz CT molecular complexity index is 1500. The first-order valence-electron chi connectivity index (χ1n) is 13.6. The minimum Gasteiger partial charge on any atom is -0.481 e. The molecule has 2 unspecified atom stereocenters. The van der Waals surface area contributed by atoms with Crippen LogP contribution in [0, 0.1) is 0 Å². The van der Waals surface area contributed by atoms with Gasteiger partial charge in [-0.3, -0.25) is 14.1 Å². The van der Waals surface area contributed by atoms with Gasteiger partial charge in [-0.1, -0.05) is 49.7 Å². The zero-order valence-corrected chi connectivity index (χ0v) is 23.3. The number of imidazole rings is 1. The third-order valence-electron chi connectivity index (χ3n) is 8.06. The number of hydrogen-bond donors (Lipinski definition) is 0. The number of nitrogens with zero attached hydrogens (tertiary/aromatic N) is 6. The van der Waals surface area contributed by atoms with Gasteiger partial charge in [0.2, 0.25) is 11.7 Å². The molecule has 2 aliphatic heterocycles. The Balaban J connectivity index is 1.28. The Morgan fingerprint density at radius 1 is 1.08 bits per heavy atom. The Morgan fingerprint density at radius 2 is 1.87 bits per heavy atom. The molecule has 202 valence electrons. The number of ether oxygens (including phenoxy) is 1. The van der Waals surface area contributed by atoms with Crippen molar-refractivity contribution in [3.05, 3.63) is 76.8 Å². The number of amides is 1. The fourth-order valence-electron chi connectivity index (χ4n) is 5.99. The molecule has 0 N–H and O–H groups in total. The molecule has 0 spiro atoms. The van der Waals surface area contributed by atoms with E-state index in [1.54, 1.807) is 25.4 Å². The summed E-state index contributed by atoms with van der Waals surface area (Å²) >= 11 is 6.41. The van der Waals surface area contributed by atoms with Crippen LogP contribution in [0.15, 0.2) is 54.9 Å². The van der Waals surface area contributed by atoms with Crippen molar-refractivity contribution in [2.45, 2.75) is 57.7 Å². The summed E-state index contributed by atoms with van der Waals surface area (Å²) in [5.74, 6) is 1.45. The van der Waals surface area contributed by atoms with Gasteiger partial charge in [-0.25, -0.2) is 15.0 Å². The van der Waals surface area contributed by atoms with Gasteiger partial charge in [0.05, 0.1) is 23.5 Å². The number of likely N-dealkylation sites (tertiary alicyclic amines) is 1. The predicted octanol–water partition coefficient (Wildman–Crippen LogP) is 5.46. The topological polar surface area (TPSA) is 75.9 Å². The smallest absolute Gasteiger partial charge is 0.274 e. The molecule has 0 aliphatic carbocycles. The third kappa shape index (κ3) is 4.87. The van der Waals surface area contributed by atoms with Gasteiger partial charge in [-0.15, -0.1) is 0 Å². The fourth-order valence-corrected chi connectivity index (χ4v) is 6.17. The normalized spacial score (nSPS) is 19.6. The maximum Gasteiger partial charge on any atom is 0.274 e. The van der Waals surface area contributed by atoms with Crippen LogP contribution in [0.2, 0.25) is 5.02 Å². The number of hydrogen-bond acceptors (Lipinski definition) is 6. The highest BCUT2D eigenvalue weighted by atomic mass is 35.5. The maximum atomic E-state index is 13.7. The molecule has 9 heteroatoms. The van der Waals surface area contributed by atoms with Crippen molar-refractivity contribution in [1.82, 2.24) is 29.2 Å². The molecule has 2 fully saturated rings. The molecule has 2 bridgehead atoms. The van der Waals surface area contributed by atoms with Crippen molar-refractivity contribution in [2.24, 2.45) is 0 Å². The monoisotopic (exact) mass is 544 g/mol. The second kappa shape index (κ2) is 10.6. The number of halogens is 1. The van der Waals surface area contributed by atoms with Crippen LogP contribution in [0.4, 0.5) is 0 Å². The summed E-state index contributed by atoms with van der Waals surface area (Å²) in [5.41, 5.74) is 4.73. The molecule has 2 aliphatic rings. The lowest BCUT2D eigenvalue weighted by atomic mass is 10.00. The van der Waals surface area contributed by atoms with Crippen LogP contribution in [0.25, 0.3) is 17.0 Å². The standard InChI is InChI=1S/C30H33ClN6O2/c1-19(2)20-5-7-21(8-6-20)27-25(36-15-4-14-32-30(36)34-27)18-35-16-13-22-9-10-23(17-35)37(22)29(38)28-24(31)11-12-26(33-28)39-3/h4-8,11-12,14-15,19,22-23H,9-10,13,16-18H2,1-3H3. The second-order valence-electron chi connectivity index (χ2n) is 10.8. The number of pyridine rings is 1. The van der Waals surface area contributed by atoms with Crippen LogP contribution in [0.5, 0.6) is 5.88 Å². The lowest BCUT2D eigenvalue weighted by molar-refractivity contribution is 0.0663. The van der Waals surface area contributed by atoms with Gasteiger partial charge < -0.3 is 9.64 Å². The first-order chi connectivity index (χ1) is 18.9. The molecule has 1 aromatic carbocycles. The van der Waals surface area contributed by atoms with Gasteiger partial charge >= 0.3 is 0 Å². The van der Waals surface area contributed by atoms with Crippen molar-refractivity contribution in [3.63, 3.8) is 0 Å². The molecule has 4 aromatic rings. The van der Waals surface area contributed by atoms with E-state index in [9.17, 15) is 4.79 Å². The minimum atomic E-state index is -0.113. The Hall–Kier alpha value is -3.49. The van der Waals surface area contributed by atoms with Crippen LogP contribution >= 0.6 is 11.6 Å². The average Bonchev–Trinajstić information content (AvgIpc) is 3.46. The molecular weight excluding hydrogens is 512 g/mol. The molecule has 0 saturated carbocycles. The van der Waals surface area contributed by atoms with E-state index in [0.717, 1.165) is 55.8 Å². The Kier molecular flexibility index (Phi) is 6.99. The van der Waals surface area contributed by atoms with E-state index in [-0.39, 0.29) is 23.7 Å². The molecule has 2 atom stereocenters. The van der Waals surface area contributed by atoms with E-state index < -0.39 is 0 Å². The van der Waals surface area contributed by atoms with E-state index in [4.69, 9.17) is 21.3 Å². The van der Waals surface area contributed by atoms with E-state index >= 15 is 0 Å². The van der Waals surface area contributed by atoms with E-state index in [1.165, 1.54) is 5.56 Å². The summed E-state index contributed by atoms with van der Waals surface area (Å²) < 4.78 is 7.35. The van der Waals surface area contributed by atoms with Gasteiger partial charge in [0.15, 0.2) is 5.69 Å². The predicted molar refractivity (Wildman–Crippen MR) is 151 cm³/mol. The van der Waals surface area contributed by atoms with Gasteiger partial charge in [0, 0.05) is 55.7 Å². The molecule has 0 radical (unpaired) electrons. The summed E-state index contributed by atoms with van der Waals surface area (Å²) in [5, 5.41) is 0.354. The van der Waals surface area contributed by atoms with Gasteiger partial charge in [0.1, 0.15) is 0 Å². The largest absolute Gasteiger partial charge is 0.481 e. The summed E-state index contributed by atoms with van der Waals surface area (Å²) in [6.07, 6.45) is 6.68.